The molecule has 0 unspecified atom stereocenters. The van der Waals surface area contributed by atoms with Crippen molar-refractivity contribution in [1.82, 2.24) is 19.9 Å². The summed E-state index contributed by atoms with van der Waals surface area (Å²) < 4.78 is 20.3. The number of anilines is 1. The minimum atomic E-state index is -0.455. The van der Waals surface area contributed by atoms with E-state index in [1.54, 1.807) is 12.1 Å². The van der Waals surface area contributed by atoms with Crippen LogP contribution in [0, 0.1) is 19.7 Å². The maximum absolute atomic E-state index is 14.7. The molecule has 0 amide bonds. The van der Waals surface area contributed by atoms with E-state index in [1.807, 2.05) is 25.7 Å². The molecule has 140 valence electrons. The van der Waals surface area contributed by atoms with E-state index in [0.717, 1.165) is 11.4 Å². The van der Waals surface area contributed by atoms with E-state index in [2.05, 4.69) is 19.9 Å². The molecule has 4 rings (SSSR count). The molecule has 0 aliphatic carbocycles. The SMILES string of the molecule is Cc1nc2nc(N3CCO[C@H](C)C3)nc(-c3ccc(Cl)cc3F)c2nc1C. The Morgan fingerprint density at radius 1 is 1.15 bits per heavy atom. The Bertz CT molecular complexity index is 1030. The van der Waals surface area contributed by atoms with Gasteiger partial charge >= 0.3 is 0 Å². The summed E-state index contributed by atoms with van der Waals surface area (Å²) in [5, 5.41) is 0.329. The van der Waals surface area contributed by atoms with E-state index in [-0.39, 0.29) is 6.10 Å². The average molecular weight is 388 g/mol. The van der Waals surface area contributed by atoms with Gasteiger partial charge in [0.25, 0.3) is 0 Å². The van der Waals surface area contributed by atoms with Gasteiger partial charge in [-0.1, -0.05) is 11.6 Å². The van der Waals surface area contributed by atoms with Crippen LogP contribution >= 0.6 is 11.6 Å². The zero-order valence-corrected chi connectivity index (χ0v) is 16.1. The van der Waals surface area contributed by atoms with Crippen molar-refractivity contribution in [3.63, 3.8) is 0 Å². The number of hydrogen-bond donors (Lipinski definition) is 0. The zero-order valence-electron chi connectivity index (χ0n) is 15.3. The minimum Gasteiger partial charge on any atom is -0.375 e. The number of nitrogens with zero attached hydrogens (tertiary/aromatic N) is 5. The molecule has 2 aromatic heterocycles. The van der Waals surface area contributed by atoms with Gasteiger partial charge in [0.1, 0.15) is 17.0 Å². The van der Waals surface area contributed by atoms with Crippen molar-refractivity contribution in [2.75, 3.05) is 24.6 Å². The Morgan fingerprint density at radius 3 is 2.67 bits per heavy atom. The van der Waals surface area contributed by atoms with Crippen molar-refractivity contribution >= 4 is 28.7 Å². The molecule has 6 nitrogen and oxygen atoms in total. The standard InChI is InChI=1S/C19H19ClFN5O/c1-10-9-26(6-7-27-10)19-24-16(14-5-4-13(20)8-15(14)21)17-18(25-19)23-12(3)11(2)22-17/h4-5,8,10H,6-7,9H2,1-3H3/t10-/m1/s1. The smallest absolute Gasteiger partial charge is 0.228 e. The summed E-state index contributed by atoms with van der Waals surface area (Å²) in [4.78, 5) is 20.4. The molecule has 8 heteroatoms. The summed E-state index contributed by atoms with van der Waals surface area (Å²) in [6, 6.07) is 4.52. The highest BCUT2D eigenvalue weighted by molar-refractivity contribution is 6.30. The molecule has 1 aliphatic rings. The van der Waals surface area contributed by atoms with Crippen LogP contribution in [0.1, 0.15) is 18.3 Å². The normalized spacial score (nSPS) is 17.5. The second-order valence-corrected chi connectivity index (χ2v) is 7.13. The van der Waals surface area contributed by atoms with Gasteiger partial charge in [-0.05, 0) is 39.0 Å². The van der Waals surface area contributed by atoms with Crippen molar-refractivity contribution in [3.05, 3.63) is 40.4 Å². The highest BCUT2D eigenvalue weighted by Gasteiger charge is 2.23. The molecular weight excluding hydrogens is 369 g/mol. The van der Waals surface area contributed by atoms with Gasteiger partial charge in [-0.25, -0.2) is 19.3 Å². The molecule has 0 saturated carbocycles. The Hall–Kier alpha value is -2.38. The van der Waals surface area contributed by atoms with Crippen LogP contribution in [0.25, 0.3) is 22.4 Å². The summed E-state index contributed by atoms with van der Waals surface area (Å²) in [7, 11) is 0. The number of rotatable bonds is 2. The molecule has 3 heterocycles. The van der Waals surface area contributed by atoms with Gasteiger partial charge in [0.15, 0.2) is 5.65 Å². The molecular formula is C19H19ClFN5O. The van der Waals surface area contributed by atoms with E-state index in [4.69, 9.17) is 16.3 Å². The van der Waals surface area contributed by atoms with Crippen molar-refractivity contribution in [2.24, 2.45) is 0 Å². The summed E-state index contributed by atoms with van der Waals surface area (Å²) in [6.45, 7) is 7.65. The fourth-order valence-corrected chi connectivity index (χ4v) is 3.27. The Labute approximate surface area is 161 Å². The van der Waals surface area contributed by atoms with Crippen LogP contribution < -0.4 is 4.90 Å². The number of ether oxygens (including phenoxy) is 1. The third kappa shape index (κ3) is 3.44. The van der Waals surface area contributed by atoms with Crippen molar-refractivity contribution < 1.29 is 9.13 Å². The molecule has 1 atom stereocenters. The Morgan fingerprint density at radius 2 is 1.93 bits per heavy atom. The van der Waals surface area contributed by atoms with E-state index in [1.165, 1.54) is 6.07 Å². The van der Waals surface area contributed by atoms with Crippen molar-refractivity contribution in [2.45, 2.75) is 26.9 Å². The van der Waals surface area contributed by atoms with E-state index < -0.39 is 5.82 Å². The number of halogens is 2. The Kier molecular flexibility index (Phi) is 4.65. The van der Waals surface area contributed by atoms with Gasteiger partial charge in [-0.2, -0.15) is 4.98 Å². The number of morpholine rings is 1. The first-order valence-corrected chi connectivity index (χ1v) is 9.15. The van der Waals surface area contributed by atoms with Crippen molar-refractivity contribution in [1.29, 1.82) is 0 Å². The minimum absolute atomic E-state index is 0.0691. The van der Waals surface area contributed by atoms with E-state index in [0.29, 0.717) is 53.1 Å². The van der Waals surface area contributed by atoms with Gasteiger partial charge in [-0.15, -0.1) is 0 Å². The van der Waals surface area contributed by atoms with Gasteiger partial charge in [0.2, 0.25) is 5.95 Å². The average Bonchev–Trinajstić information content (AvgIpc) is 2.62. The lowest BCUT2D eigenvalue weighted by Gasteiger charge is -2.31. The van der Waals surface area contributed by atoms with Gasteiger partial charge in [-0.3, -0.25) is 0 Å². The molecule has 0 radical (unpaired) electrons. The lowest BCUT2D eigenvalue weighted by Crippen LogP contribution is -2.42. The van der Waals surface area contributed by atoms with Gasteiger partial charge in [0.05, 0.1) is 24.1 Å². The first-order valence-electron chi connectivity index (χ1n) is 8.77. The van der Waals surface area contributed by atoms with E-state index in [9.17, 15) is 4.39 Å². The molecule has 0 bridgehead atoms. The molecule has 0 spiro atoms. The van der Waals surface area contributed by atoms with Crippen LogP contribution in [-0.2, 0) is 4.74 Å². The van der Waals surface area contributed by atoms with E-state index >= 15 is 0 Å². The van der Waals surface area contributed by atoms with Gasteiger partial charge < -0.3 is 9.64 Å². The van der Waals surface area contributed by atoms with Crippen molar-refractivity contribution in [3.8, 4) is 11.3 Å². The first kappa shape index (κ1) is 18.0. The third-order valence-electron chi connectivity index (χ3n) is 4.64. The predicted molar refractivity (Wildman–Crippen MR) is 103 cm³/mol. The highest BCUT2D eigenvalue weighted by Crippen LogP contribution is 2.30. The summed E-state index contributed by atoms with van der Waals surface area (Å²) in [5.41, 5.74) is 3.21. The second kappa shape index (κ2) is 6.98. The lowest BCUT2D eigenvalue weighted by molar-refractivity contribution is 0.0526. The number of benzene rings is 1. The fourth-order valence-electron chi connectivity index (χ4n) is 3.11. The topological polar surface area (TPSA) is 64.0 Å². The number of aromatic nitrogens is 4. The maximum Gasteiger partial charge on any atom is 0.228 e. The van der Waals surface area contributed by atoms with Crippen LogP contribution in [0.4, 0.5) is 10.3 Å². The largest absolute Gasteiger partial charge is 0.375 e. The monoisotopic (exact) mass is 387 g/mol. The summed E-state index contributed by atoms with van der Waals surface area (Å²) in [5.74, 6) is 0.0448. The molecule has 3 aromatic rings. The number of aryl methyl sites for hydroxylation is 2. The second-order valence-electron chi connectivity index (χ2n) is 6.69. The predicted octanol–water partition coefficient (Wildman–Crippen LogP) is 3.72. The van der Waals surface area contributed by atoms with Crippen LogP contribution in [0.3, 0.4) is 0 Å². The zero-order chi connectivity index (χ0) is 19.1. The number of hydrogen-bond acceptors (Lipinski definition) is 6. The fraction of sp³-hybridized carbons (Fsp3) is 0.368. The summed E-state index contributed by atoms with van der Waals surface area (Å²) >= 11 is 5.91. The molecule has 1 fully saturated rings. The third-order valence-corrected chi connectivity index (χ3v) is 4.88. The van der Waals surface area contributed by atoms with Crippen LogP contribution in [0.15, 0.2) is 18.2 Å². The molecule has 27 heavy (non-hydrogen) atoms. The Balaban J connectivity index is 1.95. The lowest BCUT2D eigenvalue weighted by atomic mass is 10.1. The highest BCUT2D eigenvalue weighted by atomic mass is 35.5. The first-order chi connectivity index (χ1) is 12.9. The number of fused-ring (bicyclic) bond motifs is 1. The summed E-state index contributed by atoms with van der Waals surface area (Å²) in [6.07, 6.45) is 0.0691. The molecule has 1 aliphatic heterocycles. The quantitative estimate of drug-likeness (QED) is 0.667. The molecule has 0 N–H and O–H groups in total. The van der Waals surface area contributed by atoms with Crippen LogP contribution in [-0.4, -0.2) is 45.7 Å². The van der Waals surface area contributed by atoms with Gasteiger partial charge in [0, 0.05) is 23.7 Å². The van der Waals surface area contributed by atoms with Crippen LogP contribution in [0.5, 0.6) is 0 Å². The molecule has 1 saturated heterocycles. The maximum atomic E-state index is 14.7. The molecule has 1 aromatic carbocycles. The van der Waals surface area contributed by atoms with Crippen LogP contribution in [0.2, 0.25) is 5.02 Å².